The number of nitrogens with zero attached hydrogens (tertiary/aromatic N) is 5. The summed E-state index contributed by atoms with van der Waals surface area (Å²) < 4.78 is 7.15. The van der Waals surface area contributed by atoms with Crippen LogP contribution in [-0.4, -0.2) is 67.1 Å². The van der Waals surface area contributed by atoms with Gasteiger partial charge in [0.15, 0.2) is 0 Å². The molecule has 1 aromatic heterocycles. The molecule has 2 N–H and O–H groups in total. The average molecular weight is 383 g/mol. The second kappa shape index (κ2) is 7.58. The van der Waals surface area contributed by atoms with Crippen molar-refractivity contribution in [3.8, 4) is 0 Å². The molecule has 142 valence electrons. The summed E-state index contributed by atoms with van der Waals surface area (Å²) in [6, 6.07) is -0.638. The number of tetrazole rings is 1. The standard InChI is InChI=1S/C14H21N7O4S/c1-3-14(2)11(23)21(12(24)15-14)17-10(22)8-26-13-16-18-19-20(13)7-9-5-4-6-25-9/h9H,3-8H2,1-2H3,(H,15,24)(H,17,22)/t9-,14-/m0/s1. The molecule has 3 rings (SSSR count). The lowest BCUT2D eigenvalue weighted by Crippen LogP contribution is -2.49. The smallest absolute Gasteiger partial charge is 0.344 e. The van der Waals surface area contributed by atoms with E-state index in [9.17, 15) is 14.4 Å². The number of amides is 4. The fraction of sp³-hybridized carbons (Fsp3) is 0.714. The lowest BCUT2D eigenvalue weighted by Gasteiger charge is -2.19. The summed E-state index contributed by atoms with van der Waals surface area (Å²) in [5.41, 5.74) is 1.34. The molecule has 0 saturated carbocycles. The van der Waals surface area contributed by atoms with Gasteiger partial charge in [0, 0.05) is 6.61 Å². The average Bonchev–Trinajstić information content (AvgIpc) is 3.32. The fourth-order valence-electron chi connectivity index (χ4n) is 2.71. The second-order valence-electron chi connectivity index (χ2n) is 6.36. The molecule has 12 heteroatoms. The quantitative estimate of drug-likeness (QED) is 0.484. The molecule has 0 bridgehead atoms. The van der Waals surface area contributed by atoms with Crippen LogP contribution in [0.25, 0.3) is 0 Å². The summed E-state index contributed by atoms with van der Waals surface area (Å²) in [5.74, 6) is -1.01. The van der Waals surface area contributed by atoms with Gasteiger partial charge in [0.2, 0.25) is 11.1 Å². The van der Waals surface area contributed by atoms with E-state index in [2.05, 4.69) is 26.3 Å². The van der Waals surface area contributed by atoms with Gasteiger partial charge in [0.1, 0.15) is 5.54 Å². The first kappa shape index (κ1) is 18.6. The van der Waals surface area contributed by atoms with E-state index >= 15 is 0 Å². The highest BCUT2D eigenvalue weighted by molar-refractivity contribution is 7.99. The zero-order chi connectivity index (χ0) is 18.7. The van der Waals surface area contributed by atoms with E-state index in [4.69, 9.17) is 4.74 Å². The Hall–Kier alpha value is -2.21. The van der Waals surface area contributed by atoms with Gasteiger partial charge in [-0.25, -0.2) is 9.48 Å². The molecule has 11 nitrogen and oxygen atoms in total. The molecule has 2 atom stereocenters. The minimum absolute atomic E-state index is 0.0359. The highest BCUT2D eigenvalue weighted by Crippen LogP contribution is 2.20. The molecule has 26 heavy (non-hydrogen) atoms. The summed E-state index contributed by atoms with van der Waals surface area (Å²) in [4.78, 5) is 36.3. The van der Waals surface area contributed by atoms with Crippen LogP contribution < -0.4 is 10.7 Å². The largest absolute Gasteiger partial charge is 0.376 e. The number of nitrogens with one attached hydrogen (secondary N) is 2. The molecular formula is C14H21N7O4S. The SMILES string of the molecule is CC[C@]1(C)NC(=O)N(NC(=O)CSc2nnnn2C[C@@H]2CCCO2)C1=O. The van der Waals surface area contributed by atoms with Gasteiger partial charge in [-0.1, -0.05) is 18.7 Å². The zero-order valence-corrected chi connectivity index (χ0v) is 15.4. The number of carbonyl (C=O) groups excluding carboxylic acids is 3. The van der Waals surface area contributed by atoms with Crippen molar-refractivity contribution in [1.29, 1.82) is 0 Å². The molecule has 2 saturated heterocycles. The Morgan fingerprint density at radius 2 is 2.31 bits per heavy atom. The number of hydrogen-bond acceptors (Lipinski definition) is 8. The molecular weight excluding hydrogens is 362 g/mol. The number of urea groups is 1. The molecule has 0 radical (unpaired) electrons. The number of rotatable bonds is 7. The first-order chi connectivity index (χ1) is 12.4. The predicted octanol–water partition coefficient (Wildman–Crippen LogP) is -0.304. The molecule has 0 spiro atoms. The van der Waals surface area contributed by atoms with Crippen LogP contribution in [0.5, 0.6) is 0 Å². The minimum Gasteiger partial charge on any atom is -0.376 e. The lowest BCUT2D eigenvalue weighted by atomic mass is 10.00. The van der Waals surface area contributed by atoms with Crippen molar-refractivity contribution in [2.45, 2.75) is 56.5 Å². The molecule has 4 amide bonds. The number of hydrogen-bond donors (Lipinski definition) is 2. The van der Waals surface area contributed by atoms with E-state index in [1.54, 1.807) is 18.5 Å². The summed E-state index contributed by atoms with van der Waals surface area (Å²) in [5, 5.41) is 15.2. The molecule has 2 fully saturated rings. The van der Waals surface area contributed by atoms with Gasteiger partial charge in [0.25, 0.3) is 5.91 Å². The van der Waals surface area contributed by atoms with Crippen molar-refractivity contribution in [2.75, 3.05) is 12.4 Å². The van der Waals surface area contributed by atoms with E-state index in [0.717, 1.165) is 36.2 Å². The van der Waals surface area contributed by atoms with E-state index in [0.29, 0.717) is 18.1 Å². The Balaban J connectivity index is 1.53. The third kappa shape index (κ3) is 3.80. The zero-order valence-electron chi connectivity index (χ0n) is 14.6. The van der Waals surface area contributed by atoms with Crippen LogP contribution in [0.1, 0.15) is 33.1 Å². The fourth-order valence-corrected chi connectivity index (χ4v) is 3.39. The van der Waals surface area contributed by atoms with E-state index in [1.807, 2.05) is 0 Å². The number of thioether (sulfide) groups is 1. The van der Waals surface area contributed by atoms with Crippen molar-refractivity contribution in [3.05, 3.63) is 0 Å². The lowest BCUT2D eigenvalue weighted by molar-refractivity contribution is -0.137. The van der Waals surface area contributed by atoms with Gasteiger partial charge in [-0.2, -0.15) is 5.01 Å². The molecule has 0 aliphatic carbocycles. The maximum Gasteiger partial charge on any atom is 0.344 e. The molecule has 0 aromatic carbocycles. The second-order valence-corrected chi connectivity index (χ2v) is 7.30. The normalized spacial score (nSPS) is 25.6. The molecule has 2 aliphatic heterocycles. The van der Waals surface area contributed by atoms with Crippen molar-refractivity contribution in [2.24, 2.45) is 0 Å². The van der Waals surface area contributed by atoms with Gasteiger partial charge in [-0.05, 0) is 36.6 Å². The Kier molecular flexibility index (Phi) is 5.41. The number of hydrazine groups is 1. The number of carbonyl (C=O) groups is 3. The Bertz CT molecular complexity index is 705. The van der Waals surface area contributed by atoms with Gasteiger partial charge >= 0.3 is 6.03 Å². The Morgan fingerprint density at radius 1 is 1.50 bits per heavy atom. The Labute approximate surface area is 154 Å². The minimum atomic E-state index is -0.997. The third-order valence-electron chi connectivity index (χ3n) is 4.44. The maximum atomic E-state index is 12.3. The first-order valence-electron chi connectivity index (χ1n) is 8.39. The molecule has 0 unspecified atom stereocenters. The summed E-state index contributed by atoms with van der Waals surface area (Å²) in [6.45, 7) is 4.67. The highest BCUT2D eigenvalue weighted by Gasteiger charge is 2.47. The van der Waals surface area contributed by atoms with E-state index in [-0.39, 0.29) is 11.9 Å². The van der Waals surface area contributed by atoms with Gasteiger partial charge in [0.05, 0.1) is 18.4 Å². The number of aromatic nitrogens is 4. The molecule has 1 aromatic rings. The maximum absolute atomic E-state index is 12.3. The summed E-state index contributed by atoms with van der Waals surface area (Å²) >= 11 is 1.13. The van der Waals surface area contributed by atoms with Crippen LogP contribution in [0, 0.1) is 0 Å². The van der Waals surface area contributed by atoms with Gasteiger partial charge < -0.3 is 10.1 Å². The van der Waals surface area contributed by atoms with E-state index < -0.39 is 23.4 Å². The molecule has 2 aliphatic rings. The summed E-state index contributed by atoms with van der Waals surface area (Å²) in [6.07, 6.45) is 2.47. The monoisotopic (exact) mass is 383 g/mol. The van der Waals surface area contributed by atoms with E-state index in [1.165, 1.54) is 0 Å². The Morgan fingerprint density at radius 3 is 2.96 bits per heavy atom. The van der Waals surface area contributed by atoms with Crippen LogP contribution in [-0.2, 0) is 20.9 Å². The number of imide groups is 1. The van der Waals surface area contributed by atoms with Crippen LogP contribution in [0.2, 0.25) is 0 Å². The number of ether oxygens (including phenoxy) is 1. The van der Waals surface area contributed by atoms with Crippen molar-refractivity contribution in [1.82, 2.24) is 36.0 Å². The predicted molar refractivity (Wildman–Crippen MR) is 89.7 cm³/mol. The van der Waals surface area contributed by atoms with Crippen molar-refractivity contribution >= 4 is 29.6 Å². The third-order valence-corrected chi connectivity index (χ3v) is 5.39. The first-order valence-corrected chi connectivity index (χ1v) is 9.38. The van der Waals surface area contributed by atoms with Crippen molar-refractivity contribution in [3.63, 3.8) is 0 Å². The van der Waals surface area contributed by atoms with Crippen molar-refractivity contribution < 1.29 is 19.1 Å². The van der Waals surface area contributed by atoms with Crippen LogP contribution in [0.15, 0.2) is 5.16 Å². The van der Waals surface area contributed by atoms with Gasteiger partial charge in [-0.15, -0.1) is 5.10 Å². The van der Waals surface area contributed by atoms with Crippen LogP contribution in [0.3, 0.4) is 0 Å². The van der Waals surface area contributed by atoms with Crippen LogP contribution >= 0.6 is 11.8 Å². The highest BCUT2D eigenvalue weighted by atomic mass is 32.2. The summed E-state index contributed by atoms with van der Waals surface area (Å²) in [7, 11) is 0. The van der Waals surface area contributed by atoms with Crippen LogP contribution in [0.4, 0.5) is 4.79 Å². The topological polar surface area (TPSA) is 131 Å². The van der Waals surface area contributed by atoms with Gasteiger partial charge in [-0.3, -0.25) is 15.0 Å². The molecule has 3 heterocycles.